The molecule has 7 rings (SSSR count). The molecule has 2 bridgehead atoms. The lowest BCUT2D eigenvalue weighted by Gasteiger charge is -2.21. The van der Waals surface area contributed by atoms with Crippen molar-refractivity contribution in [1.29, 1.82) is 0 Å². The van der Waals surface area contributed by atoms with E-state index in [1.165, 1.54) is 15.4 Å². The average Bonchev–Trinajstić information content (AvgIpc) is 3.81. The summed E-state index contributed by atoms with van der Waals surface area (Å²) in [5.74, 6) is -1.00. The molecule has 2 aliphatic heterocycles. The standard InChI is InChI=1S/C38H38N2O4/c1-4-7-9-26-19-24(6-3)31-32(26)36(42)39(35(31)41)28-14-10-22(11-15-28)18-23-12-16-29(17-13-23)40-37(43)33-27-20-25(8-5-2)30(21-27)34(33)38(40)44/h4-6,10-17,20,24,26-27,30-34H,1-3,7-9,18-19,21H2. The Bertz CT molecular complexity index is 1600. The van der Waals surface area contributed by atoms with Gasteiger partial charge in [0.05, 0.1) is 35.0 Å². The summed E-state index contributed by atoms with van der Waals surface area (Å²) in [7, 11) is 0. The van der Waals surface area contributed by atoms with Gasteiger partial charge in [-0.05, 0) is 97.6 Å². The second-order valence-electron chi connectivity index (χ2n) is 13.1. The Kier molecular flexibility index (Phi) is 7.11. The molecule has 0 spiro atoms. The molecule has 5 aliphatic rings. The van der Waals surface area contributed by atoms with Gasteiger partial charge in [-0.3, -0.25) is 29.0 Å². The number of anilines is 2. The number of carbonyl (C=O) groups is 4. The number of rotatable bonds is 10. The summed E-state index contributed by atoms with van der Waals surface area (Å²) >= 11 is 0. The molecule has 6 nitrogen and oxygen atoms in total. The topological polar surface area (TPSA) is 74.8 Å². The van der Waals surface area contributed by atoms with Crippen molar-refractivity contribution in [2.24, 2.45) is 47.3 Å². The molecular weight excluding hydrogens is 548 g/mol. The molecule has 4 fully saturated rings. The summed E-state index contributed by atoms with van der Waals surface area (Å²) in [4.78, 5) is 56.6. The molecule has 2 saturated carbocycles. The molecule has 44 heavy (non-hydrogen) atoms. The van der Waals surface area contributed by atoms with Gasteiger partial charge in [-0.2, -0.15) is 0 Å². The van der Waals surface area contributed by atoms with Crippen LogP contribution in [0.25, 0.3) is 0 Å². The van der Waals surface area contributed by atoms with Crippen LogP contribution in [0.15, 0.2) is 98.1 Å². The van der Waals surface area contributed by atoms with Crippen LogP contribution in [0.1, 0.15) is 43.2 Å². The van der Waals surface area contributed by atoms with Gasteiger partial charge in [-0.1, -0.05) is 54.1 Å². The first-order valence-corrected chi connectivity index (χ1v) is 15.8. The van der Waals surface area contributed by atoms with Crippen molar-refractivity contribution in [2.75, 3.05) is 9.80 Å². The fraction of sp³-hybridized carbons (Fsp3) is 0.368. The molecule has 0 radical (unpaired) electrons. The summed E-state index contributed by atoms with van der Waals surface area (Å²) < 4.78 is 0. The zero-order valence-corrected chi connectivity index (χ0v) is 24.9. The van der Waals surface area contributed by atoms with E-state index in [0.717, 1.165) is 43.2 Å². The summed E-state index contributed by atoms with van der Waals surface area (Å²) in [6.07, 6.45) is 12.6. The number of hydrogen-bond acceptors (Lipinski definition) is 4. The third kappa shape index (κ3) is 4.29. The summed E-state index contributed by atoms with van der Waals surface area (Å²) in [5.41, 5.74) is 4.56. The summed E-state index contributed by atoms with van der Waals surface area (Å²) in [6.45, 7) is 11.6. The van der Waals surface area contributed by atoms with Crippen LogP contribution in [0, 0.1) is 47.3 Å². The minimum Gasteiger partial charge on any atom is -0.274 e. The van der Waals surface area contributed by atoms with Crippen molar-refractivity contribution in [1.82, 2.24) is 0 Å². The Morgan fingerprint density at radius 2 is 1.25 bits per heavy atom. The molecule has 2 heterocycles. The Morgan fingerprint density at radius 3 is 1.82 bits per heavy atom. The summed E-state index contributed by atoms with van der Waals surface area (Å²) in [6, 6.07) is 15.3. The molecule has 8 unspecified atom stereocenters. The molecule has 0 N–H and O–H groups in total. The number of allylic oxidation sites excluding steroid dienone is 5. The Balaban J connectivity index is 1.03. The third-order valence-electron chi connectivity index (χ3n) is 10.9. The number of carbonyl (C=O) groups excluding carboxylic acids is 4. The number of hydrogen-bond donors (Lipinski definition) is 0. The van der Waals surface area contributed by atoms with Gasteiger partial charge in [0.2, 0.25) is 23.6 Å². The SMILES string of the molecule is C=CCCC1CC(C=C)C2C(=O)N(c3ccc(Cc4ccc(N5C(=O)C6C7C=C(CC=C)C(C7)C6C5=O)cc4)cc3)C(=O)C12. The molecule has 2 saturated heterocycles. The van der Waals surface area contributed by atoms with Crippen LogP contribution in [0.4, 0.5) is 11.4 Å². The highest BCUT2D eigenvalue weighted by Crippen LogP contribution is 2.57. The molecule has 4 amide bonds. The maximum absolute atomic E-state index is 13.5. The van der Waals surface area contributed by atoms with E-state index in [1.807, 2.05) is 66.8 Å². The largest absolute Gasteiger partial charge is 0.274 e. The number of imide groups is 2. The number of fused-ring (bicyclic) bond motifs is 6. The smallest absolute Gasteiger partial charge is 0.238 e. The molecule has 0 aromatic heterocycles. The van der Waals surface area contributed by atoms with Crippen LogP contribution in [0.2, 0.25) is 0 Å². The van der Waals surface area contributed by atoms with Gasteiger partial charge < -0.3 is 0 Å². The van der Waals surface area contributed by atoms with Crippen molar-refractivity contribution in [2.45, 2.75) is 38.5 Å². The molecule has 3 aliphatic carbocycles. The highest BCUT2D eigenvalue weighted by Gasteiger charge is 2.61. The van der Waals surface area contributed by atoms with Gasteiger partial charge >= 0.3 is 0 Å². The maximum atomic E-state index is 13.5. The first-order valence-electron chi connectivity index (χ1n) is 15.8. The first kappa shape index (κ1) is 28.5. The van der Waals surface area contributed by atoms with Crippen molar-refractivity contribution in [3.05, 3.63) is 109 Å². The highest BCUT2D eigenvalue weighted by molar-refractivity contribution is 6.23. The Labute approximate surface area is 258 Å². The Hall–Kier alpha value is -4.32. The molecule has 6 heteroatoms. The molecule has 224 valence electrons. The van der Waals surface area contributed by atoms with Crippen molar-refractivity contribution >= 4 is 35.0 Å². The second-order valence-corrected chi connectivity index (χ2v) is 13.1. The average molecular weight is 587 g/mol. The van der Waals surface area contributed by atoms with Gasteiger partial charge in [-0.25, -0.2) is 0 Å². The number of amides is 4. The maximum Gasteiger partial charge on any atom is 0.238 e. The van der Waals surface area contributed by atoms with Crippen LogP contribution >= 0.6 is 0 Å². The zero-order chi connectivity index (χ0) is 30.7. The van der Waals surface area contributed by atoms with E-state index in [9.17, 15) is 19.2 Å². The normalized spacial score (nSPS) is 31.9. The van der Waals surface area contributed by atoms with Crippen LogP contribution in [0.3, 0.4) is 0 Å². The van der Waals surface area contributed by atoms with E-state index >= 15 is 0 Å². The Morgan fingerprint density at radius 1 is 0.682 bits per heavy atom. The molecule has 2 aromatic carbocycles. The van der Waals surface area contributed by atoms with Gasteiger partial charge in [-0.15, -0.1) is 19.7 Å². The van der Waals surface area contributed by atoms with Crippen LogP contribution in [-0.2, 0) is 25.6 Å². The van der Waals surface area contributed by atoms with Gasteiger partial charge in [0.15, 0.2) is 0 Å². The first-order chi connectivity index (χ1) is 21.4. The fourth-order valence-electron chi connectivity index (χ4n) is 8.95. The van der Waals surface area contributed by atoms with Crippen LogP contribution < -0.4 is 9.80 Å². The van der Waals surface area contributed by atoms with Crippen molar-refractivity contribution < 1.29 is 19.2 Å². The van der Waals surface area contributed by atoms with E-state index in [-0.39, 0.29) is 71.0 Å². The minimum absolute atomic E-state index is 0.0193. The second kappa shape index (κ2) is 11.0. The summed E-state index contributed by atoms with van der Waals surface area (Å²) in [5, 5.41) is 0. The minimum atomic E-state index is -0.331. The van der Waals surface area contributed by atoms with Crippen LogP contribution in [0.5, 0.6) is 0 Å². The van der Waals surface area contributed by atoms with Crippen LogP contribution in [-0.4, -0.2) is 23.6 Å². The monoisotopic (exact) mass is 586 g/mol. The molecule has 8 atom stereocenters. The predicted molar refractivity (Wildman–Crippen MR) is 170 cm³/mol. The van der Waals surface area contributed by atoms with Gasteiger partial charge in [0.1, 0.15) is 0 Å². The van der Waals surface area contributed by atoms with Crippen molar-refractivity contribution in [3.8, 4) is 0 Å². The predicted octanol–water partition coefficient (Wildman–Crippen LogP) is 6.43. The van der Waals surface area contributed by atoms with E-state index in [1.54, 1.807) is 0 Å². The zero-order valence-electron chi connectivity index (χ0n) is 24.9. The van der Waals surface area contributed by atoms with E-state index in [2.05, 4.69) is 25.8 Å². The van der Waals surface area contributed by atoms with E-state index in [4.69, 9.17) is 0 Å². The lowest BCUT2D eigenvalue weighted by molar-refractivity contribution is -0.124. The van der Waals surface area contributed by atoms with Gasteiger partial charge in [0, 0.05) is 0 Å². The highest BCUT2D eigenvalue weighted by atomic mass is 16.2. The van der Waals surface area contributed by atoms with Gasteiger partial charge in [0.25, 0.3) is 0 Å². The quantitative estimate of drug-likeness (QED) is 0.238. The van der Waals surface area contributed by atoms with Crippen molar-refractivity contribution in [3.63, 3.8) is 0 Å². The number of nitrogens with zero attached hydrogens (tertiary/aromatic N) is 2. The van der Waals surface area contributed by atoms with E-state index in [0.29, 0.717) is 17.8 Å². The lowest BCUT2D eigenvalue weighted by Crippen LogP contribution is -2.33. The molecular formula is C38H38N2O4. The third-order valence-corrected chi connectivity index (χ3v) is 10.9. The number of benzene rings is 2. The van der Waals surface area contributed by atoms with E-state index < -0.39 is 0 Å². The molecule has 2 aromatic rings. The fourth-order valence-corrected chi connectivity index (χ4v) is 8.95. The lowest BCUT2D eigenvalue weighted by atomic mass is 9.80.